The summed E-state index contributed by atoms with van der Waals surface area (Å²) in [5, 5.41) is 3.10. The Hall–Kier alpha value is -2.66. The van der Waals surface area contributed by atoms with Gasteiger partial charge >= 0.3 is 5.97 Å². The first-order chi connectivity index (χ1) is 13.9. The van der Waals surface area contributed by atoms with E-state index in [4.69, 9.17) is 4.74 Å². The van der Waals surface area contributed by atoms with Crippen molar-refractivity contribution in [2.45, 2.75) is 39.7 Å². The first-order valence-corrected chi connectivity index (χ1v) is 10.4. The topological polar surface area (TPSA) is 55.4 Å². The van der Waals surface area contributed by atoms with Gasteiger partial charge in [-0.05, 0) is 31.9 Å². The molecule has 1 aliphatic rings. The Morgan fingerprint density at radius 3 is 2.38 bits per heavy atom. The van der Waals surface area contributed by atoms with Crippen molar-refractivity contribution in [3.63, 3.8) is 0 Å². The van der Waals surface area contributed by atoms with Gasteiger partial charge in [-0.3, -0.25) is 4.79 Å². The van der Waals surface area contributed by atoms with Crippen LogP contribution < -0.4 is 5.32 Å². The molecule has 1 N–H and O–H groups in total. The molecule has 1 saturated heterocycles. The van der Waals surface area contributed by atoms with Crippen LogP contribution in [-0.2, 0) is 14.3 Å². The summed E-state index contributed by atoms with van der Waals surface area (Å²) in [5.41, 5.74) is 4.11. The van der Waals surface area contributed by atoms with Gasteiger partial charge in [0.2, 0.25) is 0 Å². The van der Waals surface area contributed by atoms with Gasteiger partial charge in [0.15, 0.2) is 13.1 Å². The van der Waals surface area contributed by atoms with Crippen LogP contribution in [0.2, 0.25) is 0 Å². The van der Waals surface area contributed by atoms with E-state index in [-0.39, 0.29) is 31.0 Å². The normalized spacial score (nSPS) is 21.0. The highest BCUT2D eigenvalue weighted by molar-refractivity contribution is 5.93. The molecular weight excluding hydrogens is 364 g/mol. The van der Waals surface area contributed by atoms with Crippen LogP contribution in [0.5, 0.6) is 0 Å². The maximum absolute atomic E-state index is 13.1. The van der Waals surface area contributed by atoms with Crippen molar-refractivity contribution in [3.8, 4) is 0 Å². The summed E-state index contributed by atoms with van der Waals surface area (Å²) in [4.78, 5) is 25.6. The summed E-state index contributed by atoms with van der Waals surface area (Å²) in [7, 11) is 0. The van der Waals surface area contributed by atoms with Gasteiger partial charge in [0.25, 0.3) is 5.91 Å². The van der Waals surface area contributed by atoms with Gasteiger partial charge in [-0.15, -0.1) is 0 Å². The number of esters is 1. The number of hydrogen-bond donors (Lipinski definition) is 1. The van der Waals surface area contributed by atoms with Crippen molar-refractivity contribution >= 4 is 17.6 Å². The molecule has 1 amide bonds. The number of benzene rings is 2. The molecule has 154 valence electrons. The maximum atomic E-state index is 13.1. The monoisotopic (exact) mass is 395 g/mol. The third-order valence-corrected chi connectivity index (χ3v) is 5.88. The Kier molecular flexibility index (Phi) is 6.70. The smallest absolute Gasteiger partial charge is 0.361 e. The summed E-state index contributed by atoms with van der Waals surface area (Å²) >= 11 is 0. The third-order valence-electron chi connectivity index (χ3n) is 5.88. The Bertz CT molecular complexity index is 845. The van der Waals surface area contributed by atoms with E-state index >= 15 is 0 Å². The predicted molar refractivity (Wildman–Crippen MR) is 114 cm³/mol. The first kappa shape index (κ1) is 21.1. The zero-order valence-corrected chi connectivity index (χ0v) is 17.6. The van der Waals surface area contributed by atoms with Crippen molar-refractivity contribution in [2.24, 2.45) is 0 Å². The van der Waals surface area contributed by atoms with Gasteiger partial charge in [-0.2, -0.15) is 0 Å². The minimum Gasteiger partial charge on any atom is -0.462 e. The molecule has 0 radical (unpaired) electrons. The van der Waals surface area contributed by atoms with Gasteiger partial charge in [-0.1, -0.05) is 48.5 Å². The van der Waals surface area contributed by atoms with Crippen molar-refractivity contribution < 1.29 is 18.8 Å². The minimum atomic E-state index is -0.241. The quantitative estimate of drug-likeness (QED) is 0.566. The summed E-state index contributed by atoms with van der Waals surface area (Å²) in [6.07, 6.45) is 1.94. The summed E-state index contributed by atoms with van der Waals surface area (Å²) in [5.74, 6) is -0.301. The van der Waals surface area contributed by atoms with Crippen LogP contribution in [0.4, 0.5) is 5.69 Å². The van der Waals surface area contributed by atoms with E-state index in [9.17, 15) is 9.59 Å². The molecule has 3 rings (SSSR count). The predicted octanol–water partition coefficient (Wildman–Crippen LogP) is 4.16. The minimum absolute atomic E-state index is 0.0606. The number of likely N-dealkylation sites (tertiary alicyclic amines) is 1. The Labute approximate surface area is 173 Å². The molecule has 1 fully saturated rings. The average molecular weight is 396 g/mol. The second kappa shape index (κ2) is 9.23. The van der Waals surface area contributed by atoms with Gasteiger partial charge in [-0.25, -0.2) is 4.79 Å². The Balaban J connectivity index is 1.87. The van der Waals surface area contributed by atoms with E-state index in [0.717, 1.165) is 36.2 Å². The molecule has 5 nitrogen and oxygen atoms in total. The number of amides is 1. The van der Waals surface area contributed by atoms with Crippen LogP contribution in [0, 0.1) is 13.8 Å². The largest absolute Gasteiger partial charge is 0.462 e. The molecule has 5 heteroatoms. The summed E-state index contributed by atoms with van der Waals surface area (Å²) in [6.45, 7) is 7.42. The Morgan fingerprint density at radius 1 is 1.03 bits per heavy atom. The van der Waals surface area contributed by atoms with Crippen molar-refractivity contribution in [1.82, 2.24) is 0 Å². The number of aryl methyl sites for hydroxylation is 2. The van der Waals surface area contributed by atoms with Gasteiger partial charge < -0.3 is 14.5 Å². The summed E-state index contributed by atoms with van der Waals surface area (Å²) in [6, 6.07) is 16.3. The van der Waals surface area contributed by atoms with E-state index in [1.807, 2.05) is 57.2 Å². The fraction of sp³-hybridized carbons (Fsp3) is 0.417. The van der Waals surface area contributed by atoms with E-state index in [1.165, 1.54) is 5.56 Å². The molecule has 0 aromatic heterocycles. The number of hydrogen-bond acceptors (Lipinski definition) is 3. The zero-order chi connectivity index (χ0) is 20.9. The molecule has 0 aliphatic carbocycles. The van der Waals surface area contributed by atoms with Gasteiger partial charge in [0.05, 0.1) is 13.2 Å². The van der Waals surface area contributed by atoms with Gasteiger partial charge in [0, 0.05) is 24.1 Å². The van der Waals surface area contributed by atoms with Gasteiger partial charge in [0.1, 0.15) is 6.04 Å². The molecule has 0 bridgehead atoms. The highest BCUT2D eigenvalue weighted by Crippen LogP contribution is 2.39. The van der Waals surface area contributed by atoms with E-state index < -0.39 is 0 Å². The highest BCUT2D eigenvalue weighted by Gasteiger charge is 2.46. The molecule has 1 aliphatic heterocycles. The number of quaternary nitrogens is 1. The highest BCUT2D eigenvalue weighted by atomic mass is 16.5. The molecule has 29 heavy (non-hydrogen) atoms. The van der Waals surface area contributed by atoms with Crippen LogP contribution >= 0.6 is 0 Å². The van der Waals surface area contributed by atoms with Crippen LogP contribution in [0.3, 0.4) is 0 Å². The molecule has 0 saturated carbocycles. The van der Waals surface area contributed by atoms with Crippen LogP contribution in [0.1, 0.15) is 42.5 Å². The second-order valence-corrected chi connectivity index (χ2v) is 7.95. The second-order valence-electron chi connectivity index (χ2n) is 7.95. The number of carbonyl (C=O) groups excluding carboxylic acids is 2. The fourth-order valence-corrected chi connectivity index (χ4v) is 4.56. The molecule has 2 atom stereocenters. The molecule has 2 aromatic rings. The maximum Gasteiger partial charge on any atom is 0.361 e. The van der Waals surface area contributed by atoms with Crippen molar-refractivity contribution in [1.29, 1.82) is 0 Å². The zero-order valence-electron chi connectivity index (χ0n) is 17.6. The van der Waals surface area contributed by atoms with E-state index in [0.29, 0.717) is 11.1 Å². The molecule has 0 spiro atoms. The van der Waals surface area contributed by atoms with Crippen molar-refractivity contribution in [3.05, 3.63) is 65.2 Å². The number of carbonyl (C=O) groups is 2. The molecule has 2 unspecified atom stereocenters. The van der Waals surface area contributed by atoms with E-state index in [1.54, 1.807) is 0 Å². The SMILES string of the molecule is CCOC(=O)C[N+]1(CC(=O)Nc2c(C)cccc2C)CCCC1c1ccccc1. The fourth-order valence-electron chi connectivity index (χ4n) is 4.56. The number of anilines is 1. The molecule has 1 heterocycles. The number of nitrogens with one attached hydrogen (secondary N) is 1. The third kappa shape index (κ3) is 4.85. The van der Waals surface area contributed by atoms with Crippen molar-refractivity contribution in [2.75, 3.05) is 31.6 Å². The van der Waals surface area contributed by atoms with Crippen LogP contribution in [0.25, 0.3) is 0 Å². The van der Waals surface area contributed by atoms with Crippen LogP contribution in [-0.4, -0.2) is 42.6 Å². The number of rotatable bonds is 7. The van der Waals surface area contributed by atoms with Crippen LogP contribution in [0.15, 0.2) is 48.5 Å². The lowest BCUT2D eigenvalue weighted by atomic mass is 10.0. The summed E-state index contributed by atoms with van der Waals surface area (Å²) < 4.78 is 5.68. The lowest BCUT2D eigenvalue weighted by molar-refractivity contribution is -0.931. The molecular formula is C24H31N2O3+. The van der Waals surface area contributed by atoms with E-state index in [2.05, 4.69) is 17.4 Å². The number of ether oxygens (including phenoxy) is 1. The molecule has 2 aromatic carbocycles. The average Bonchev–Trinajstić information content (AvgIpc) is 3.08. The lowest BCUT2D eigenvalue weighted by Gasteiger charge is -2.39. The number of para-hydroxylation sites is 1. The standard InChI is InChI=1S/C24H30N2O3/c1-4-29-23(28)17-26(15-9-14-21(26)20-12-6-5-7-13-20)16-22(27)25-24-18(2)10-8-11-19(24)3/h5-8,10-13,21H,4,9,14-17H2,1-3H3/p+1. The number of nitrogens with zero attached hydrogens (tertiary/aromatic N) is 1. The first-order valence-electron chi connectivity index (χ1n) is 10.4. The Morgan fingerprint density at radius 2 is 1.72 bits per heavy atom. The lowest BCUT2D eigenvalue weighted by Crippen LogP contribution is -2.54.